The summed E-state index contributed by atoms with van der Waals surface area (Å²) in [4.78, 5) is 0. The highest BCUT2D eigenvalue weighted by molar-refractivity contribution is 5.65. The molecule has 17 heavy (non-hydrogen) atoms. The Morgan fingerprint density at radius 1 is 1.12 bits per heavy atom. The molecular weight excluding hydrogens is 206 g/mol. The molecule has 2 aliphatic carbocycles. The minimum atomic E-state index is 0.845. The molecule has 1 nitrogen and oxygen atoms in total. The number of fused-ring (bicyclic) bond motifs is 1. The zero-order chi connectivity index (χ0) is 12.0. The van der Waals surface area contributed by atoms with Crippen LogP contribution in [-0.4, -0.2) is 4.57 Å². The number of hydrogen-bond donors (Lipinski definition) is 0. The first kappa shape index (κ1) is 11.1. The third-order valence-corrected chi connectivity index (χ3v) is 4.74. The van der Waals surface area contributed by atoms with Crippen LogP contribution in [-0.2, 0) is 13.5 Å². The molecule has 0 bridgehead atoms. The summed E-state index contributed by atoms with van der Waals surface area (Å²) in [6, 6.07) is 0. The van der Waals surface area contributed by atoms with E-state index in [4.69, 9.17) is 0 Å². The van der Waals surface area contributed by atoms with Crippen LogP contribution in [0, 0.1) is 6.92 Å². The van der Waals surface area contributed by atoms with Crippen LogP contribution in [0.25, 0.3) is 6.08 Å². The number of aromatic nitrogens is 1. The smallest absolute Gasteiger partial charge is 0.0444 e. The minimum Gasteiger partial charge on any atom is -0.348 e. The van der Waals surface area contributed by atoms with Crippen LogP contribution in [0.2, 0.25) is 0 Å². The second kappa shape index (κ2) is 4.04. The maximum absolute atomic E-state index is 2.41. The van der Waals surface area contributed by atoms with Crippen molar-refractivity contribution in [1.29, 1.82) is 0 Å². The van der Waals surface area contributed by atoms with Crippen molar-refractivity contribution in [3.05, 3.63) is 28.1 Å². The van der Waals surface area contributed by atoms with Crippen molar-refractivity contribution in [3.63, 3.8) is 0 Å². The van der Waals surface area contributed by atoms with E-state index in [9.17, 15) is 0 Å². The summed E-state index contributed by atoms with van der Waals surface area (Å²) in [6.07, 6.45) is 10.7. The Bertz CT molecular complexity index is 470. The molecule has 0 amide bonds. The van der Waals surface area contributed by atoms with Crippen molar-refractivity contribution in [2.75, 3.05) is 0 Å². The molecule has 92 valence electrons. The molecule has 0 aromatic carbocycles. The Balaban J connectivity index is 2.04. The summed E-state index contributed by atoms with van der Waals surface area (Å²) in [6.45, 7) is 4.57. The first-order chi connectivity index (χ1) is 8.18. The van der Waals surface area contributed by atoms with Crippen LogP contribution < -0.4 is 0 Å². The number of allylic oxidation sites excluding steroid dienone is 1. The first-order valence-electron chi connectivity index (χ1n) is 7.03. The number of rotatable bonds is 1. The van der Waals surface area contributed by atoms with Crippen LogP contribution in [0.4, 0.5) is 0 Å². The maximum Gasteiger partial charge on any atom is 0.0444 e. The highest BCUT2D eigenvalue weighted by Crippen LogP contribution is 2.41. The molecule has 0 aliphatic heterocycles. The second-order valence-electron chi connectivity index (χ2n) is 5.92. The molecule has 3 rings (SSSR count). The van der Waals surface area contributed by atoms with Gasteiger partial charge in [-0.3, -0.25) is 0 Å². The molecule has 1 aromatic heterocycles. The van der Waals surface area contributed by atoms with Gasteiger partial charge >= 0.3 is 0 Å². The Morgan fingerprint density at radius 3 is 2.53 bits per heavy atom. The van der Waals surface area contributed by atoms with Gasteiger partial charge in [0.25, 0.3) is 0 Å². The zero-order valence-electron chi connectivity index (χ0n) is 11.3. The van der Waals surface area contributed by atoms with Crippen molar-refractivity contribution < 1.29 is 0 Å². The predicted octanol–water partition coefficient (Wildman–Crippen LogP) is 4.34. The molecule has 0 spiro atoms. The fraction of sp³-hybridized carbons (Fsp3) is 0.625. The van der Waals surface area contributed by atoms with Crippen LogP contribution >= 0.6 is 0 Å². The van der Waals surface area contributed by atoms with Gasteiger partial charge in [-0.25, -0.2) is 0 Å². The van der Waals surface area contributed by atoms with Gasteiger partial charge in [-0.1, -0.05) is 24.8 Å². The first-order valence-corrected chi connectivity index (χ1v) is 7.03. The molecule has 1 heteroatoms. The molecule has 0 radical (unpaired) electrons. The lowest BCUT2D eigenvalue weighted by atomic mass is 9.82. The summed E-state index contributed by atoms with van der Waals surface area (Å²) >= 11 is 0. The highest BCUT2D eigenvalue weighted by Gasteiger charge is 2.27. The van der Waals surface area contributed by atoms with Crippen molar-refractivity contribution >= 4 is 6.08 Å². The van der Waals surface area contributed by atoms with Gasteiger partial charge in [-0.2, -0.15) is 0 Å². The Morgan fingerprint density at radius 2 is 1.82 bits per heavy atom. The standard InChI is InChI=1S/C16H23N/c1-11-9-14-15(10-11)17(3)12(2)16(14)13-7-5-4-6-8-13/h10,13H,4-9H2,1-3H3. The zero-order valence-corrected chi connectivity index (χ0v) is 11.3. The Kier molecular flexibility index (Phi) is 2.65. The maximum atomic E-state index is 2.41. The highest BCUT2D eigenvalue weighted by atomic mass is 15.0. The van der Waals surface area contributed by atoms with Gasteiger partial charge in [-0.15, -0.1) is 0 Å². The van der Waals surface area contributed by atoms with E-state index in [1.807, 2.05) is 0 Å². The summed E-state index contributed by atoms with van der Waals surface area (Å²) in [5, 5.41) is 0. The molecule has 1 heterocycles. The van der Waals surface area contributed by atoms with Crippen molar-refractivity contribution in [2.24, 2.45) is 7.05 Å². The number of nitrogens with zero attached hydrogens (tertiary/aromatic N) is 1. The minimum absolute atomic E-state index is 0.845. The second-order valence-corrected chi connectivity index (χ2v) is 5.92. The molecule has 0 unspecified atom stereocenters. The van der Waals surface area contributed by atoms with Crippen LogP contribution in [0.3, 0.4) is 0 Å². The lowest BCUT2D eigenvalue weighted by Gasteiger charge is -2.23. The van der Waals surface area contributed by atoms with E-state index in [-0.39, 0.29) is 0 Å². The van der Waals surface area contributed by atoms with Crippen LogP contribution in [0.5, 0.6) is 0 Å². The fourth-order valence-electron chi connectivity index (χ4n) is 3.79. The van der Waals surface area contributed by atoms with E-state index in [0.29, 0.717) is 0 Å². The average Bonchev–Trinajstić information content (AvgIpc) is 2.80. The summed E-state index contributed by atoms with van der Waals surface area (Å²) in [5.41, 5.74) is 7.89. The third kappa shape index (κ3) is 1.67. The number of hydrogen-bond acceptors (Lipinski definition) is 0. The van der Waals surface area contributed by atoms with Gasteiger partial charge in [-0.05, 0) is 56.2 Å². The third-order valence-electron chi connectivity index (χ3n) is 4.74. The van der Waals surface area contributed by atoms with Gasteiger partial charge in [0.1, 0.15) is 0 Å². The summed E-state index contributed by atoms with van der Waals surface area (Å²) < 4.78 is 2.41. The fourth-order valence-corrected chi connectivity index (χ4v) is 3.79. The van der Waals surface area contributed by atoms with E-state index in [1.54, 1.807) is 11.1 Å². The molecule has 2 aliphatic rings. The average molecular weight is 229 g/mol. The lowest BCUT2D eigenvalue weighted by Crippen LogP contribution is -2.07. The molecular formula is C16H23N. The van der Waals surface area contributed by atoms with Crippen molar-refractivity contribution in [1.82, 2.24) is 4.57 Å². The van der Waals surface area contributed by atoms with E-state index < -0.39 is 0 Å². The molecule has 1 saturated carbocycles. The normalized spacial score (nSPS) is 20.5. The van der Waals surface area contributed by atoms with Gasteiger partial charge in [0.05, 0.1) is 0 Å². The van der Waals surface area contributed by atoms with Gasteiger partial charge in [0.15, 0.2) is 0 Å². The SMILES string of the molecule is CC1=Cc2c(c(C3CCCCC3)c(C)n2C)C1. The summed E-state index contributed by atoms with van der Waals surface area (Å²) in [5.74, 6) is 0.845. The predicted molar refractivity (Wildman–Crippen MR) is 73.3 cm³/mol. The van der Waals surface area contributed by atoms with Crippen molar-refractivity contribution in [3.8, 4) is 0 Å². The molecule has 0 atom stereocenters. The molecule has 0 saturated heterocycles. The van der Waals surface area contributed by atoms with E-state index in [0.717, 1.165) is 5.92 Å². The van der Waals surface area contributed by atoms with Crippen molar-refractivity contribution in [2.45, 2.75) is 58.3 Å². The van der Waals surface area contributed by atoms with Crippen LogP contribution in [0.15, 0.2) is 5.57 Å². The topological polar surface area (TPSA) is 4.93 Å². The molecule has 1 fully saturated rings. The monoisotopic (exact) mass is 229 g/mol. The molecule has 1 aromatic rings. The quantitative estimate of drug-likeness (QED) is 0.675. The van der Waals surface area contributed by atoms with Gasteiger partial charge < -0.3 is 4.57 Å². The Labute approximate surface area is 105 Å². The Hall–Kier alpha value is -0.980. The van der Waals surface area contributed by atoms with E-state index in [1.165, 1.54) is 55.5 Å². The van der Waals surface area contributed by atoms with Crippen LogP contribution in [0.1, 0.15) is 67.5 Å². The van der Waals surface area contributed by atoms with E-state index >= 15 is 0 Å². The van der Waals surface area contributed by atoms with E-state index in [2.05, 4.69) is 31.5 Å². The van der Waals surface area contributed by atoms with Gasteiger partial charge in [0.2, 0.25) is 0 Å². The van der Waals surface area contributed by atoms with Gasteiger partial charge in [0, 0.05) is 18.4 Å². The summed E-state index contributed by atoms with van der Waals surface area (Å²) in [7, 11) is 2.23. The largest absolute Gasteiger partial charge is 0.348 e. The lowest BCUT2D eigenvalue weighted by molar-refractivity contribution is 0.440. The molecule has 0 N–H and O–H groups in total.